The quantitative estimate of drug-likeness (QED) is 0.231. The van der Waals surface area contributed by atoms with Gasteiger partial charge >= 0.3 is 5.97 Å². The summed E-state index contributed by atoms with van der Waals surface area (Å²) in [7, 11) is 0. The molecule has 6 nitrogen and oxygen atoms in total. The molecule has 0 bridgehead atoms. The fraction of sp³-hybridized carbons (Fsp3) is 0.382. The first-order valence-corrected chi connectivity index (χ1v) is 14.6. The Hall–Kier alpha value is -3.84. The number of likely N-dealkylation sites (N-methyl/N-ethyl adjacent to an activating group) is 1. The molecule has 214 valence electrons. The van der Waals surface area contributed by atoms with Gasteiger partial charge in [-0.25, -0.2) is 9.37 Å². The van der Waals surface area contributed by atoms with Crippen LogP contribution in [0.2, 0.25) is 0 Å². The summed E-state index contributed by atoms with van der Waals surface area (Å²) < 4.78 is 17.1. The van der Waals surface area contributed by atoms with Gasteiger partial charge in [-0.1, -0.05) is 50.2 Å². The minimum atomic E-state index is -0.764. The second-order valence-corrected chi connectivity index (χ2v) is 11.4. The monoisotopic (exact) mass is 554 g/mol. The molecule has 7 heteroatoms. The molecule has 0 amide bonds. The molecule has 0 aliphatic heterocycles. The molecule has 0 fully saturated rings. The van der Waals surface area contributed by atoms with Gasteiger partial charge in [-0.05, 0) is 84.5 Å². The zero-order valence-corrected chi connectivity index (χ0v) is 24.2. The van der Waals surface area contributed by atoms with Crippen LogP contribution in [0.1, 0.15) is 59.7 Å². The maximum Gasteiger partial charge on any atom is 0.306 e. The van der Waals surface area contributed by atoms with Gasteiger partial charge in [-0.3, -0.25) is 14.7 Å². The zero-order valence-electron chi connectivity index (χ0n) is 24.2. The largest absolute Gasteiger partial charge is 0.481 e. The molecular weight excluding hydrogens is 515 g/mol. The lowest BCUT2D eigenvalue weighted by Gasteiger charge is -2.28. The molecular formula is C34H39FN4O2. The number of rotatable bonds is 11. The van der Waals surface area contributed by atoms with E-state index < -0.39 is 11.9 Å². The summed E-state index contributed by atoms with van der Waals surface area (Å²) in [6, 6.07) is 14.9. The van der Waals surface area contributed by atoms with E-state index in [2.05, 4.69) is 62.8 Å². The van der Waals surface area contributed by atoms with Crippen molar-refractivity contribution in [2.45, 2.75) is 65.5 Å². The first-order chi connectivity index (χ1) is 19.8. The second kappa shape index (κ2) is 12.8. The number of halogens is 1. The lowest BCUT2D eigenvalue weighted by atomic mass is 9.78. The number of carboxylic acid groups (broad SMARTS) is 1. The van der Waals surface area contributed by atoms with Crippen LogP contribution in [-0.2, 0) is 37.1 Å². The Morgan fingerprint density at radius 3 is 2.78 bits per heavy atom. The van der Waals surface area contributed by atoms with Crippen molar-refractivity contribution < 1.29 is 14.3 Å². The van der Waals surface area contributed by atoms with Crippen molar-refractivity contribution in [3.05, 3.63) is 107 Å². The maximum atomic E-state index is 15.1. The van der Waals surface area contributed by atoms with E-state index >= 15 is 4.39 Å². The number of fused-ring (bicyclic) bond motifs is 1. The highest BCUT2D eigenvalue weighted by Gasteiger charge is 2.23. The molecule has 2 heterocycles. The third-order valence-corrected chi connectivity index (χ3v) is 8.42. The zero-order chi connectivity index (χ0) is 28.9. The summed E-state index contributed by atoms with van der Waals surface area (Å²) in [5.41, 5.74) is 8.44. The predicted octanol–water partition coefficient (Wildman–Crippen LogP) is 6.45. The van der Waals surface area contributed by atoms with Gasteiger partial charge in [0.05, 0.1) is 18.4 Å². The lowest BCUT2D eigenvalue weighted by molar-refractivity contribution is -0.141. The summed E-state index contributed by atoms with van der Waals surface area (Å²) in [5, 5.41) is 9.36. The van der Waals surface area contributed by atoms with E-state index in [9.17, 15) is 9.90 Å². The number of aryl methyl sites for hydroxylation is 2. The van der Waals surface area contributed by atoms with Gasteiger partial charge in [0.1, 0.15) is 5.82 Å². The Kier molecular flexibility index (Phi) is 8.93. The number of carbonyl (C=O) groups is 1. The maximum absolute atomic E-state index is 15.1. The molecule has 5 rings (SSSR count). The van der Waals surface area contributed by atoms with E-state index in [1.165, 1.54) is 22.9 Å². The summed E-state index contributed by atoms with van der Waals surface area (Å²) in [5.74, 6) is -1.12. The van der Waals surface area contributed by atoms with Gasteiger partial charge in [-0.15, -0.1) is 0 Å². The summed E-state index contributed by atoms with van der Waals surface area (Å²) in [6.07, 6.45) is 10.4. The fourth-order valence-electron chi connectivity index (χ4n) is 5.94. The van der Waals surface area contributed by atoms with Crippen molar-refractivity contribution in [1.29, 1.82) is 0 Å². The third kappa shape index (κ3) is 6.91. The average Bonchev–Trinajstić information content (AvgIpc) is 3.50. The topological polar surface area (TPSA) is 71.2 Å². The number of nitrogens with zero attached hydrogens (tertiary/aromatic N) is 4. The Morgan fingerprint density at radius 2 is 2.02 bits per heavy atom. The Balaban J connectivity index is 1.43. The van der Waals surface area contributed by atoms with Crippen LogP contribution in [0.5, 0.6) is 0 Å². The first-order valence-electron chi connectivity index (χ1n) is 14.6. The number of aromatic nitrogens is 3. The highest BCUT2D eigenvalue weighted by Crippen LogP contribution is 2.36. The van der Waals surface area contributed by atoms with Crippen LogP contribution in [0.15, 0.2) is 67.4 Å². The van der Waals surface area contributed by atoms with Gasteiger partial charge < -0.3 is 9.67 Å². The standard InChI is InChI=1S/C34H39FN4O2/c1-4-38(13-14-39-12-11-36-22-39)21-30-19-28(9-10-31(30)32-16-24(3)37-20-33(32)35)27-8-7-26-6-5-25(17-29(26)18-27)15-23(2)34(40)41/h5-6,9-12,16-17,19-20,22-23,27H,4,7-8,13-15,18,21H2,1-3H3,(H,40,41). The van der Waals surface area contributed by atoms with E-state index in [4.69, 9.17) is 0 Å². The first kappa shape index (κ1) is 28.7. The van der Waals surface area contributed by atoms with Crippen molar-refractivity contribution >= 4 is 5.97 Å². The second-order valence-electron chi connectivity index (χ2n) is 11.4. The molecule has 2 unspecified atom stereocenters. The number of carboxylic acids is 1. The molecule has 0 saturated carbocycles. The van der Waals surface area contributed by atoms with E-state index in [1.54, 1.807) is 13.1 Å². The van der Waals surface area contributed by atoms with Crippen molar-refractivity contribution in [1.82, 2.24) is 19.4 Å². The van der Waals surface area contributed by atoms with Gasteiger partial charge in [0.25, 0.3) is 0 Å². The molecule has 1 aliphatic carbocycles. The van der Waals surface area contributed by atoms with Crippen molar-refractivity contribution in [2.75, 3.05) is 13.1 Å². The van der Waals surface area contributed by atoms with E-state index in [-0.39, 0.29) is 5.82 Å². The number of aliphatic carboxylic acids is 1. The average molecular weight is 555 g/mol. The smallest absolute Gasteiger partial charge is 0.306 e. The highest BCUT2D eigenvalue weighted by molar-refractivity contribution is 5.70. The van der Waals surface area contributed by atoms with Crippen LogP contribution in [0.25, 0.3) is 11.1 Å². The molecule has 0 radical (unpaired) electrons. The number of benzene rings is 2. The molecule has 0 saturated heterocycles. The van der Waals surface area contributed by atoms with E-state index in [0.29, 0.717) is 17.9 Å². The summed E-state index contributed by atoms with van der Waals surface area (Å²) in [4.78, 5) is 22.1. The van der Waals surface area contributed by atoms with E-state index in [1.807, 2.05) is 25.5 Å². The normalized spacial score (nSPS) is 15.6. The predicted molar refractivity (Wildman–Crippen MR) is 159 cm³/mol. The minimum Gasteiger partial charge on any atom is -0.481 e. The molecule has 2 aromatic carbocycles. The van der Waals surface area contributed by atoms with Gasteiger partial charge in [0.2, 0.25) is 0 Å². The van der Waals surface area contributed by atoms with Crippen LogP contribution < -0.4 is 0 Å². The third-order valence-electron chi connectivity index (χ3n) is 8.42. The summed E-state index contributed by atoms with van der Waals surface area (Å²) in [6.45, 7) is 9.12. The molecule has 1 N–H and O–H groups in total. The van der Waals surface area contributed by atoms with Gasteiger partial charge in [0, 0.05) is 43.3 Å². The van der Waals surface area contributed by atoms with Gasteiger partial charge in [0.15, 0.2) is 0 Å². The molecule has 41 heavy (non-hydrogen) atoms. The number of hydrogen-bond donors (Lipinski definition) is 1. The Labute approximate surface area is 241 Å². The van der Waals surface area contributed by atoms with Crippen LogP contribution in [0, 0.1) is 18.7 Å². The number of hydrogen-bond acceptors (Lipinski definition) is 4. The van der Waals surface area contributed by atoms with Crippen molar-refractivity contribution in [3.63, 3.8) is 0 Å². The molecule has 2 aromatic heterocycles. The molecule has 1 aliphatic rings. The SMILES string of the molecule is CCN(CCn1ccnc1)Cc1cc(C2CCc3ccc(CC(C)C(=O)O)cc3C2)ccc1-c1cc(C)ncc1F. The molecule has 0 spiro atoms. The fourth-order valence-corrected chi connectivity index (χ4v) is 5.94. The van der Waals surface area contributed by atoms with Crippen LogP contribution in [0.4, 0.5) is 4.39 Å². The summed E-state index contributed by atoms with van der Waals surface area (Å²) >= 11 is 0. The van der Waals surface area contributed by atoms with Crippen molar-refractivity contribution in [2.24, 2.45) is 5.92 Å². The Bertz CT molecular complexity index is 1500. The Morgan fingerprint density at radius 1 is 1.17 bits per heavy atom. The minimum absolute atomic E-state index is 0.305. The number of imidazole rings is 1. The van der Waals surface area contributed by atoms with E-state index in [0.717, 1.165) is 67.8 Å². The van der Waals surface area contributed by atoms with Crippen LogP contribution >= 0.6 is 0 Å². The van der Waals surface area contributed by atoms with Gasteiger partial charge in [-0.2, -0.15) is 0 Å². The molecule has 2 atom stereocenters. The lowest BCUT2D eigenvalue weighted by Crippen LogP contribution is -2.27. The van der Waals surface area contributed by atoms with Crippen LogP contribution in [-0.4, -0.2) is 43.6 Å². The van der Waals surface area contributed by atoms with Crippen molar-refractivity contribution in [3.8, 4) is 11.1 Å². The van der Waals surface area contributed by atoms with Crippen LogP contribution in [0.3, 0.4) is 0 Å². The highest BCUT2D eigenvalue weighted by atomic mass is 19.1. The number of pyridine rings is 1. The molecule has 4 aromatic rings.